The number of fused-ring (bicyclic) bond motifs is 10. The second kappa shape index (κ2) is 10.7. The van der Waals surface area contributed by atoms with Crippen LogP contribution in [0.2, 0.25) is 0 Å². The van der Waals surface area contributed by atoms with Crippen molar-refractivity contribution in [2.45, 2.75) is 24.7 Å². The molecule has 236 valence electrons. The highest BCUT2D eigenvalue weighted by molar-refractivity contribution is 5.96. The average Bonchev–Trinajstić information content (AvgIpc) is 3.48. The Hall–Kier alpha value is -6.19. The largest absolute Gasteiger partial charge is 0.208 e. The van der Waals surface area contributed by atoms with Crippen LogP contribution >= 0.6 is 0 Å². The fraction of sp³-hybridized carbons (Fsp3) is 0.0851. The third kappa shape index (κ3) is 3.89. The molecule has 10 rings (SSSR count). The first-order chi connectivity index (χ1) is 24.6. The van der Waals surface area contributed by atoms with Crippen LogP contribution in [-0.2, 0) is 10.8 Å². The van der Waals surface area contributed by atoms with Gasteiger partial charge >= 0.3 is 0 Å². The molecule has 1 heterocycles. The Labute approximate surface area is 292 Å². The van der Waals surface area contributed by atoms with Crippen LogP contribution in [0, 0.1) is 0 Å². The van der Waals surface area contributed by atoms with E-state index in [0.717, 1.165) is 27.5 Å². The molecule has 0 unspecified atom stereocenters. The third-order valence-corrected chi connectivity index (χ3v) is 11.0. The van der Waals surface area contributed by atoms with Gasteiger partial charge in [0.1, 0.15) is 0 Å². The van der Waals surface area contributed by atoms with Crippen LogP contribution in [-0.4, -0.2) is 15.0 Å². The molecule has 0 saturated carbocycles. The van der Waals surface area contributed by atoms with Crippen LogP contribution in [0.4, 0.5) is 0 Å². The van der Waals surface area contributed by atoms with Gasteiger partial charge in [-0.25, -0.2) is 15.0 Å². The average molecular weight is 640 g/mol. The van der Waals surface area contributed by atoms with Crippen LogP contribution < -0.4 is 0 Å². The lowest BCUT2D eigenvalue weighted by Crippen LogP contribution is -2.41. The van der Waals surface area contributed by atoms with Gasteiger partial charge in [-0.15, -0.1) is 0 Å². The first-order valence-corrected chi connectivity index (χ1v) is 17.3. The predicted octanol–water partition coefficient (Wildman–Crippen LogP) is 11.0. The maximum Gasteiger partial charge on any atom is 0.164 e. The van der Waals surface area contributed by atoms with E-state index in [-0.39, 0.29) is 5.41 Å². The molecular formula is C47H33N3. The smallest absolute Gasteiger partial charge is 0.164 e. The van der Waals surface area contributed by atoms with Gasteiger partial charge < -0.3 is 0 Å². The molecular weight excluding hydrogens is 607 g/mol. The molecule has 0 bridgehead atoms. The topological polar surface area (TPSA) is 38.7 Å². The number of rotatable bonds is 3. The summed E-state index contributed by atoms with van der Waals surface area (Å²) in [7, 11) is 0. The predicted molar refractivity (Wildman–Crippen MR) is 203 cm³/mol. The molecule has 3 heteroatoms. The highest BCUT2D eigenvalue weighted by atomic mass is 15.0. The van der Waals surface area contributed by atoms with Gasteiger partial charge in [0, 0.05) is 22.1 Å². The Morgan fingerprint density at radius 1 is 0.360 bits per heavy atom. The van der Waals surface area contributed by atoms with Crippen molar-refractivity contribution < 1.29 is 0 Å². The second-order valence-corrected chi connectivity index (χ2v) is 13.9. The molecule has 2 aliphatic carbocycles. The molecule has 3 nitrogen and oxygen atoms in total. The Bertz CT molecular complexity index is 2580. The summed E-state index contributed by atoms with van der Waals surface area (Å²) >= 11 is 0. The van der Waals surface area contributed by atoms with Gasteiger partial charge in [0.15, 0.2) is 17.5 Å². The standard InChI is InChI=1S/C47H33N3/c1-46(2)38-26-10-12-28-40(38)47(41-29-13-11-27-39(41)46)37-25-9-8-21-33(37)34-22-15-24-36(42(34)47)45-49-43(31-17-4-3-5-18-31)48-44(50-45)35-23-14-19-30-16-6-7-20-32(30)35/h3-29H,1-2H3. The van der Waals surface area contributed by atoms with Crippen molar-refractivity contribution >= 4 is 10.8 Å². The van der Waals surface area contributed by atoms with Crippen LogP contribution in [0.3, 0.4) is 0 Å². The van der Waals surface area contributed by atoms with Crippen molar-refractivity contribution in [1.82, 2.24) is 15.0 Å². The minimum atomic E-state index is -0.565. The van der Waals surface area contributed by atoms with Gasteiger partial charge in [-0.05, 0) is 55.3 Å². The van der Waals surface area contributed by atoms with Crippen molar-refractivity contribution in [3.63, 3.8) is 0 Å². The number of hydrogen-bond acceptors (Lipinski definition) is 3. The first-order valence-electron chi connectivity index (χ1n) is 17.3. The zero-order valence-corrected chi connectivity index (χ0v) is 27.9. The summed E-state index contributed by atoms with van der Waals surface area (Å²) in [5, 5.41) is 2.27. The molecule has 0 fully saturated rings. The molecule has 50 heavy (non-hydrogen) atoms. The number of hydrogen-bond donors (Lipinski definition) is 0. The Morgan fingerprint density at radius 3 is 1.58 bits per heavy atom. The van der Waals surface area contributed by atoms with Crippen molar-refractivity contribution in [3.05, 3.63) is 197 Å². The Balaban J connectivity index is 1.34. The third-order valence-electron chi connectivity index (χ3n) is 11.0. The molecule has 0 amide bonds. The van der Waals surface area contributed by atoms with Gasteiger partial charge in [0.2, 0.25) is 0 Å². The zero-order valence-electron chi connectivity index (χ0n) is 27.9. The molecule has 0 atom stereocenters. The fourth-order valence-electron chi connectivity index (χ4n) is 8.86. The summed E-state index contributed by atoms with van der Waals surface area (Å²) in [6.07, 6.45) is 0. The summed E-state index contributed by atoms with van der Waals surface area (Å²) < 4.78 is 0. The lowest BCUT2D eigenvalue weighted by Gasteiger charge is -2.47. The summed E-state index contributed by atoms with van der Waals surface area (Å²) in [6.45, 7) is 4.72. The lowest BCUT2D eigenvalue weighted by molar-refractivity contribution is 0.563. The van der Waals surface area contributed by atoms with Crippen LogP contribution in [0.15, 0.2) is 164 Å². The summed E-state index contributed by atoms with van der Waals surface area (Å²) in [4.78, 5) is 15.9. The normalized spacial score (nSPS) is 14.5. The maximum absolute atomic E-state index is 5.39. The van der Waals surface area contributed by atoms with Crippen LogP contribution in [0.25, 0.3) is 56.1 Å². The molecule has 0 aliphatic heterocycles. The molecule has 1 aromatic heterocycles. The molecule has 7 aromatic carbocycles. The summed E-state index contributed by atoms with van der Waals surface area (Å²) in [5.41, 5.74) is 12.5. The zero-order chi connectivity index (χ0) is 33.5. The Kier molecular flexibility index (Phi) is 6.13. The van der Waals surface area contributed by atoms with Crippen molar-refractivity contribution in [1.29, 1.82) is 0 Å². The molecule has 1 spiro atoms. The molecule has 0 saturated heterocycles. The van der Waals surface area contributed by atoms with E-state index in [9.17, 15) is 0 Å². The van der Waals surface area contributed by atoms with Gasteiger partial charge in [-0.1, -0.05) is 178 Å². The van der Waals surface area contributed by atoms with E-state index < -0.39 is 5.41 Å². The second-order valence-electron chi connectivity index (χ2n) is 13.9. The quantitative estimate of drug-likeness (QED) is 0.193. The fourth-order valence-corrected chi connectivity index (χ4v) is 8.86. The van der Waals surface area contributed by atoms with E-state index in [4.69, 9.17) is 15.0 Å². The van der Waals surface area contributed by atoms with E-state index in [0.29, 0.717) is 17.5 Å². The minimum absolute atomic E-state index is 0.180. The number of benzene rings is 7. The summed E-state index contributed by atoms with van der Waals surface area (Å²) in [6, 6.07) is 58.8. The highest BCUT2D eigenvalue weighted by Gasteiger charge is 2.54. The maximum atomic E-state index is 5.39. The number of aromatic nitrogens is 3. The SMILES string of the molecule is CC1(C)c2ccccc2C2(c3ccccc3-c3cccc(-c4nc(-c5ccccc5)nc(-c5cccc6ccccc56)n4)c32)c2ccccc21. The highest BCUT2D eigenvalue weighted by Crippen LogP contribution is 2.63. The van der Waals surface area contributed by atoms with E-state index >= 15 is 0 Å². The minimum Gasteiger partial charge on any atom is -0.208 e. The van der Waals surface area contributed by atoms with Crippen molar-refractivity contribution in [2.75, 3.05) is 0 Å². The molecule has 8 aromatic rings. The first kappa shape index (κ1) is 28.8. The van der Waals surface area contributed by atoms with E-state index in [1.165, 1.54) is 44.5 Å². The lowest BCUT2D eigenvalue weighted by atomic mass is 9.55. The monoisotopic (exact) mass is 639 g/mol. The van der Waals surface area contributed by atoms with Gasteiger partial charge in [-0.3, -0.25) is 0 Å². The number of nitrogens with zero attached hydrogens (tertiary/aromatic N) is 3. The van der Waals surface area contributed by atoms with Gasteiger partial charge in [-0.2, -0.15) is 0 Å². The van der Waals surface area contributed by atoms with Crippen molar-refractivity contribution in [3.8, 4) is 45.3 Å². The molecule has 0 radical (unpaired) electrons. The van der Waals surface area contributed by atoms with E-state index in [1.807, 2.05) is 18.2 Å². The van der Waals surface area contributed by atoms with Gasteiger partial charge in [0.05, 0.1) is 5.41 Å². The van der Waals surface area contributed by atoms with Crippen LogP contribution in [0.5, 0.6) is 0 Å². The molecule has 2 aliphatic rings. The van der Waals surface area contributed by atoms with Gasteiger partial charge in [0.25, 0.3) is 0 Å². The van der Waals surface area contributed by atoms with Crippen LogP contribution in [0.1, 0.15) is 47.2 Å². The van der Waals surface area contributed by atoms with E-state index in [2.05, 4.69) is 159 Å². The van der Waals surface area contributed by atoms with Crippen molar-refractivity contribution in [2.24, 2.45) is 0 Å². The Morgan fingerprint density at radius 2 is 0.840 bits per heavy atom. The molecule has 0 N–H and O–H groups in total. The van der Waals surface area contributed by atoms with E-state index in [1.54, 1.807) is 0 Å². The summed E-state index contributed by atoms with van der Waals surface area (Å²) in [5.74, 6) is 2.00.